The average Bonchev–Trinajstić information content (AvgIpc) is 3.03. The Kier molecular flexibility index (Phi) is 22.6. The van der Waals surface area contributed by atoms with Crippen LogP contribution < -0.4 is 42.5 Å². The third kappa shape index (κ3) is 18.7. The van der Waals surface area contributed by atoms with Crippen molar-refractivity contribution in [3.63, 3.8) is 0 Å². The molecule has 0 heterocycles. The van der Waals surface area contributed by atoms with Crippen LogP contribution in [0.5, 0.6) is 0 Å². The first-order chi connectivity index (χ1) is 23.8. The summed E-state index contributed by atoms with van der Waals surface area (Å²) in [7, 11) is 3.39. The number of rotatable bonds is 22. The second-order valence-corrected chi connectivity index (χ2v) is 22.8. The Bertz CT molecular complexity index is 1360. The Morgan fingerprint density at radius 2 is 1.04 bits per heavy atom. The molecule has 5 unspecified atom stereocenters. The number of carbonyl (C=O) groups excluding carboxylic acids is 8. The van der Waals surface area contributed by atoms with Gasteiger partial charge >= 0.3 is 0 Å². The first kappa shape index (κ1) is 49.8. The van der Waals surface area contributed by atoms with E-state index in [1.54, 1.807) is 20.9 Å². The second kappa shape index (κ2) is 23.6. The van der Waals surface area contributed by atoms with E-state index in [0.29, 0.717) is 0 Å². The first-order valence-electron chi connectivity index (χ1n) is 16.5. The summed E-state index contributed by atoms with van der Waals surface area (Å²) in [4.78, 5) is 111. The summed E-state index contributed by atoms with van der Waals surface area (Å²) in [6, 6.07) is -5.16. The summed E-state index contributed by atoms with van der Waals surface area (Å²) in [5, 5.41) is 20.0. The normalized spacial score (nSPS) is 17.1. The highest BCUT2D eigenvalue weighted by Gasteiger charge is 2.33. The summed E-state index contributed by atoms with van der Waals surface area (Å²) < 4.78 is 13.2. The summed E-state index contributed by atoms with van der Waals surface area (Å²) in [5.41, 5.74) is 0. The minimum Gasteiger partial charge on any atom is -0.345 e. The highest BCUT2D eigenvalue weighted by Crippen LogP contribution is 2.56. The molecule has 52 heavy (non-hydrogen) atoms. The van der Waals surface area contributed by atoms with E-state index in [4.69, 9.17) is 0 Å². The first-order valence-corrected chi connectivity index (χ1v) is 23.8. The van der Waals surface area contributed by atoms with E-state index in [9.17, 15) is 47.8 Å². The molecule has 18 nitrogen and oxygen atoms in total. The van der Waals surface area contributed by atoms with Crippen LogP contribution >= 0.6 is 41.8 Å². The lowest BCUT2D eigenvalue weighted by Gasteiger charge is -2.26. The summed E-state index contributed by atoms with van der Waals surface area (Å²) in [6.45, 7) is 11.9. The summed E-state index contributed by atoms with van der Waals surface area (Å²) in [5.74, 6) is -7.54. The predicted molar refractivity (Wildman–Crippen MR) is 210 cm³/mol. The van der Waals surface area contributed by atoms with Gasteiger partial charge in [0.25, 0.3) is 0 Å². The van der Waals surface area contributed by atoms with E-state index in [-0.39, 0.29) is 18.1 Å². The molecule has 12 atom stereocenters. The molecule has 7 amide bonds. The molecule has 0 aromatic heterocycles. The maximum Gasteiger partial charge on any atom is 0.248 e. The fraction of sp³-hybridized carbons (Fsp3) is 0.724. The topological polar surface area (TPSA) is 270 Å². The SMILES string of the molecule is CN[C@@H](P)C(=O)N[C@H](C(=O)N[C@@H](C)C(=O)NCP(=O)(O)CC(CC(C)C)C(=O)N[C@@H](C)C(=O)N[C@@H](C)C(=O)N[C@@H](C)C(=O)N[C@@H](C)C(C)=O)P(P)P. The van der Waals surface area contributed by atoms with Gasteiger partial charge in [0, 0.05) is 12.1 Å². The fourth-order valence-corrected chi connectivity index (χ4v) is 7.74. The average molecular weight is 833 g/mol. The van der Waals surface area contributed by atoms with Gasteiger partial charge < -0.3 is 47.4 Å². The molecule has 0 fully saturated rings. The Hall–Kier alpha value is -2.17. The maximum atomic E-state index is 13.2. The number of ketones is 1. The molecule has 0 saturated carbocycles. The molecule has 0 aromatic rings. The Labute approximate surface area is 313 Å². The van der Waals surface area contributed by atoms with Crippen LogP contribution in [0.15, 0.2) is 0 Å². The Balaban J connectivity index is 5.30. The monoisotopic (exact) mass is 832 g/mol. The number of nitrogens with one attached hydrogen (secondary N) is 8. The molecule has 23 heteroatoms. The largest absolute Gasteiger partial charge is 0.345 e. The van der Waals surface area contributed by atoms with Gasteiger partial charge in [-0.25, -0.2) is 0 Å². The van der Waals surface area contributed by atoms with Crippen molar-refractivity contribution in [2.75, 3.05) is 19.5 Å². The molecule has 0 bridgehead atoms. The van der Waals surface area contributed by atoms with Crippen LogP contribution in [0.2, 0.25) is 0 Å². The summed E-state index contributed by atoms with van der Waals surface area (Å²) in [6.07, 6.45) is -1.04. The molecule has 0 aliphatic rings. The molecule has 0 aromatic carbocycles. The lowest BCUT2D eigenvalue weighted by atomic mass is 9.97. The third-order valence-corrected chi connectivity index (χ3v) is 12.6. The number of amides is 7. The van der Waals surface area contributed by atoms with Crippen molar-refractivity contribution < 1.29 is 47.8 Å². The Morgan fingerprint density at radius 1 is 0.635 bits per heavy atom. The van der Waals surface area contributed by atoms with E-state index in [0.717, 1.165) is 0 Å². The van der Waals surface area contributed by atoms with E-state index in [2.05, 4.69) is 69.6 Å². The number of hydrogen-bond donors (Lipinski definition) is 9. The van der Waals surface area contributed by atoms with Gasteiger partial charge in [-0.3, -0.25) is 42.9 Å². The lowest BCUT2D eigenvalue weighted by molar-refractivity contribution is -0.134. The lowest BCUT2D eigenvalue weighted by Crippen LogP contribution is -2.55. The van der Waals surface area contributed by atoms with Gasteiger partial charge in [0.2, 0.25) is 48.7 Å². The molecule has 0 saturated heterocycles. The molecule has 0 radical (unpaired) electrons. The van der Waals surface area contributed by atoms with Crippen molar-refractivity contribution in [2.24, 2.45) is 11.8 Å². The van der Waals surface area contributed by atoms with Crippen molar-refractivity contribution in [2.45, 2.75) is 104 Å². The zero-order valence-electron chi connectivity index (χ0n) is 31.1. The predicted octanol–water partition coefficient (Wildman–Crippen LogP) is -0.970. The molecule has 0 aliphatic carbocycles. The second-order valence-electron chi connectivity index (χ2n) is 12.9. The standard InChI is InChI=1S/C29H57N8O10P5/c1-13(2)10-20(25(43)35-18(7)24(42)34-17(6)23(41)33-16(5)22(40)32-14(3)19(8)38)11-52(46,47)12-31-21(39)15(4)36-27(45)29(51(49)50)37-26(44)28(48)30-9/h13-18,20,28-30H,10-12,48-50H2,1-9H3,(H,31,39)(H,32,40)(H,33,41)(H,34,42)(H,35,43)(H,36,45)(H,37,44)(H,46,47)/t14-,15-,16-,17-,18-,20?,28-,29-/m0/s1. The van der Waals surface area contributed by atoms with Crippen molar-refractivity contribution in [1.82, 2.24) is 42.5 Å². The van der Waals surface area contributed by atoms with Crippen LogP contribution in [0.3, 0.4) is 0 Å². The van der Waals surface area contributed by atoms with Crippen molar-refractivity contribution >= 4 is 88.9 Å². The summed E-state index contributed by atoms with van der Waals surface area (Å²) >= 11 is 0. The number of hydrogen-bond acceptors (Lipinski definition) is 10. The van der Waals surface area contributed by atoms with Crippen LogP contribution in [-0.2, 0) is 42.9 Å². The minimum atomic E-state index is -4.17. The van der Waals surface area contributed by atoms with Crippen LogP contribution in [0.4, 0.5) is 0 Å². The van der Waals surface area contributed by atoms with Gasteiger partial charge in [-0.05, 0) is 68.2 Å². The van der Waals surface area contributed by atoms with E-state index < -0.39 is 116 Å². The smallest absolute Gasteiger partial charge is 0.248 e. The van der Waals surface area contributed by atoms with Gasteiger partial charge in [0.05, 0.1) is 12.3 Å². The van der Waals surface area contributed by atoms with Gasteiger partial charge in [-0.2, -0.15) is 0 Å². The van der Waals surface area contributed by atoms with Crippen LogP contribution in [0.1, 0.15) is 61.8 Å². The highest BCUT2D eigenvalue weighted by atomic mass is 32.4. The molecular formula is C29H57N8O10P5. The maximum absolute atomic E-state index is 13.2. The van der Waals surface area contributed by atoms with E-state index in [1.165, 1.54) is 41.5 Å². The van der Waals surface area contributed by atoms with Crippen LogP contribution in [0, 0.1) is 11.8 Å². The van der Waals surface area contributed by atoms with E-state index in [1.807, 2.05) is 0 Å². The van der Waals surface area contributed by atoms with Gasteiger partial charge in [-0.15, -0.1) is 27.1 Å². The number of likely N-dealkylation sites (N-methyl/N-ethyl adjacent to an activating group) is 1. The zero-order chi connectivity index (χ0) is 40.7. The van der Waals surface area contributed by atoms with Crippen molar-refractivity contribution in [3.8, 4) is 0 Å². The molecule has 9 N–H and O–H groups in total. The molecule has 0 aliphatic heterocycles. The van der Waals surface area contributed by atoms with Gasteiger partial charge in [-0.1, -0.05) is 13.8 Å². The van der Waals surface area contributed by atoms with Crippen molar-refractivity contribution in [1.29, 1.82) is 0 Å². The van der Waals surface area contributed by atoms with Gasteiger partial charge in [0.15, 0.2) is 5.78 Å². The minimum absolute atomic E-state index is 0.0897. The van der Waals surface area contributed by atoms with Crippen LogP contribution in [-0.4, -0.2) is 113 Å². The third-order valence-electron chi connectivity index (χ3n) is 7.53. The molecular weight excluding hydrogens is 775 g/mol. The molecule has 0 rings (SSSR count). The zero-order valence-corrected chi connectivity index (χ0v) is 36.3. The van der Waals surface area contributed by atoms with Crippen molar-refractivity contribution in [3.05, 3.63) is 0 Å². The molecule has 0 spiro atoms. The van der Waals surface area contributed by atoms with E-state index >= 15 is 0 Å². The van der Waals surface area contributed by atoms with Gasteiger partial charge in [0.1, 0.15) is 35.7 Å². The highest BCUT2D eigenvalue weighted by molar-refractivity contribution is 8.43. The number of carbonyl (C=O) groups is 8. The molecule has 298 valence electrons. The fourth-order valence-electron chi connectivity index (χ4n) is 4.23. The Morgan fingerprint density at radius 3 is 1.44 bits per heavy atom. The quantitative estimate of drug-likeness (QED) is 0.0600. The number of Topliss-reactive ketones (excluding diaryl/α,β-unsaturated/α-hetero) is 1. The van der Waals surface area contributed by atoms with Crippen LogP contribution in [0.25, 0.3) is 0 Å².